The molecule has 3 atom stereocenters. The van der Waals surface area contributed by atoms with Gasteiger partial charge in [-0.1, -0.05) is 44.4 Å². The van der Waals surface area contributed by atoms with E-state index in [-0.39, 0.29) is 17.6 Å². The zero-order valence-electron chi connectivity index (χ0n) is 17.6. The molecular weight excluding hydrogens is 364 g/mol. The van der Waals surface area contributed by atoms with Gasteiger partial charge in [0.15, 0.2) is 0 Å². The van der Waals surface area contributed by atoms with Crippen molar-refractivity contribution in [3.8, 4) is 0 Å². The summed E-state index contributed by atoms with van der Waals surface area (Å²) in [5.41, 5.74) is 1.11. The van der Waals surface area contributed by atoms with Crippen molar-refractivity contribution in [1.82, 2.24) is 9.47 Å². The summed E-state index contributed by atoms with van der Waals surface area (Å²) in [6.45, 7) is 2.87. The molecular formula is C24H32N2O3. The molecule has 0 radical (unpaired) electrons. The molecule has 1 aromatic carbocycles. The van der Waals surface area contributed by atoms with E-state index >= 15 is 0 Å². The summed E-state index contributed by atoms with van der Waals surface area (Å²) in [6, 6.07) is 10.2. The Morgan fingerprint density at radius 1 is 1.10 bits per heavy atom. The highest BCUT2D eigenvalue weighted by molar-refractivity contribution is 6.03. The van der Waals surface area contributed by atoms with Crippen LogP contribution in [0.15, 0.2) is 35.1 Å². The fourth-order valence-electron chi connectivity index (χ4n) is 5.10. The molecule has 0 amide bonds. The number of nitrogens with zero attached hydrogens (tertiary/aromatic N) is 2. The Kier molecular flexibility index (Phi) is 6.04. The minimum Gasteiger partial charge on any atom is -0.459 e. The van der Waals surface area contributed by atoms with Crippen LogP contribution < -0.4 is 5.56 Å². The number of unbranched alkanes of at least 4 members (excludes halogenated alkanes) is 3. The molecule has 0 saturated carbocycles. The van der Waals surface area contributed by atoms with Crippen LogP contribution in [0, 0.1) is 0 Å². The quantitative estimate of drug-likeness (QED) is 0.515. The smallest absolute Gasteiger partial charge is 0.339 e. The predicted molar refractivity (Wildman–Crippen MR) is 115 cm³/mol. The number of rotatable bonds is 7. The van der Waals surface area contributed by atoms with Gasteiger partial charge in [0.1, 0.15) is 6.10 Å². The standard InChI is InChI=1S/C24H32N2O3/c1-3-4-5-8-13-26-22-10-7-6-9-20(22)21(16-23(26)27)24(28)29-19-14-17-11-12-18(15-19)25(17)2/h6-7,9-10,16-19H,3-5,8,11-15H2,1-2H3/t17-,18+,19?. The number of carbonyl (C=O) groups excluding carboxylic acids is 1. The third-order valence-corrected chi connectivity index (χ3v) is 6.80. The molecule has 2 saturated heterocycles. The van der Waals surface area contributed by atoms with Crippen molar-refractivity contribution in [1.29, 1.82) is 0 Å². The molecule has 0 aliphatic carbocycles. The zero-order valence-corrected chi connectivity index (χ0v) is 17.6. The second kappa shape index (κ2) is 8.70. The van der Waals surface area contributed by atoms with Gasteiger partial charge < -0.3 is 14.2 Å². The van der Waals surface area contributed by atoms with Crippen LogP contribution in [-0.4, -0.2) is 40.7 Å². The van der Waals surface area contributed by atoms with Gasteiger partial charge in [0.25, 0.3) is 5.56 Å². The van der Waals surface area contributed by atoms with Gasteiger partial charge in [-0.15, -0.1) is 0 Å². The number of hydrogen-bond acceptors (Lipinski definition) is 4. The number of aromatic nitrogens is 1. The van der Waals surface area contributed by atoms with Crippen molar-refractivity contribution in [2.24, 2.45) is 0 Å². The number of fused-ring (bicyclic) bond motifs is 3. The first-order valence-electron chi connectivity index (χ1n) is 11.1. The molecule has 2 fully saturated rings. The van der Waals surface area contributed by atoms with Crippen LogP contribution in [0.4, 0.5) is 0 Å². The third kappa shape index (κ3) is 4.11. The average Bonchev–Trinajstić information content (AvgIpc) is 2.92. The van der Waals surface area contributed by atoms with Crippen LogP contribution in [0.1, 0.15) is 68.6 Å². The Labute approximate surface area is 172 Å². The predicted octanol–water partition coefficient (Wildman–Crippen LogP) is 4.36. The zero-order chi connectivity index (χ0) is 20.4. The summed E-state index contributed by atoms with van der Waals surface area (Å²) in [6.07, 6.45) is 8.54. The average molecular weight is 397 g/mol. The van der Waals surface area contributed by atoms with E-state index in [0.717, 1.165) is 36.6 Å². The Bertz CT molecular complexity index is 921. The van der Waals surface area contributed by atoms with Crippen molar-refractivity contribution in [3.63, 3.8) is 0 Å². The van der Waals surface area contributed by atoms with E-state index in [1.807, 2.05) is 24.3 Å². The highest BCUT2D eigenvalue weighted by Gasteiger charge is 2.40. The molecule has 0 N–H and O–H groups in total. The lowest BCUT2D eigenvalue weighted by Gasteiger charge is -2.35. The lowest BCUT2D eigenvalue weighted by molar-refractivity contribution is -0.000287. The number of esters is 1. The minimum absolute atomic E-state index is 0.0496. The van der Waals surface area contributed by atoms with E-state index in [1.54, 1.807) is 4.57 Å². The summed E-state index contributed by atoms with van der Waals surface area (Å²) in [4.78, 5) is 28.3. The highest BCUT2D eigenvalue weighted by Crippen LogP contribution is 2.35. The summed E-state index contributed by atoms with van der Waals surface area (Å²) in [5.74, 6) is -0.356. The fraction of sp³-hybridized carbons (Fsp3) is 0.583. The number of aryl methyl sites for hydroxylation is 1. The van der Waals surface area contributed by atoms with Crippen molar-refractivity contribution in [3.05, 3.63) is 46.2 Å². The molecule has 0 spiro atoms. The van der Waals surface area contributed by atoms with Crippen molar-refractivity contribution >= 4 is 16.9 Å². The van der Waals surface area contributed by atoms with E-state index in [2.05, 4.69) is 18.9 Å². The van der Waals surface area contributed by atoms with E-state index < -0.39 is 0 Å². The lowest BCUT2D eigenvalue weighted by atomic mass is 10.0. The Hall–Kier alpha value is -2.14. The van der Waals surface area contributed by atoms with E-state index in [9.17, 15) is 9.59 Å². The molecule has 2 aromatic rings. The van der Waals surface area contributed by atoms with Crippen molar-refractivity contribution in [2.75, 3.05) is 7.05 Å². The van der Waals surface area contributed by atoms with Gasteiger partial charge >= 0.3 is 5.97 Å². The van der Waals surface area contributed by atoms with Gasteiger partial charge in [-0.3, -0.25) is 4.79 Å². The maximum atomic E-state index is 13.0. The molecule has 4 rings (SSSR count). The van der Waals surface area contributed by atoms with Crippen LogP contribution in [0.2, 0.25) is 0 Å². The van der Waals surface area contributed by atoms with Gasteiger partial charge in [-0.05, 0) is 32.4 Å². The van der Waals surface area contributed by atoms with E-state index in [4.69, 9.17) is 4.74 Å². The molecule has 1 aromatic heterocycles. The van der Waals surface area contributed by atoms with Crippen molar-refractivity contribution in [2.45, 2.75) is 83.0 Å². The molecule has 5 heteroatoms. The maximum absolute atomic E-state index is 13.0. The monoisotopic (exact) mass is 396 g/mol. The van der Waals surface area contributed by atoms with E-state index in [0.29, 0.717) is 24.2 Å². The largest absolute Gasteiger partial charge is 0.459 e. The van der Waals surface area contributed by atoms with Gasteiger partial charge in [-0.25, -0.2) is 4.79 Å². The molecule has 2 bridgehead atoms. The molecule has 3 heterocycles. The Morgan fingerprint density at radius 2 is 1.83 bits per heavy atom. The second-order valence-electron chi connectivity index (χ2n) is 8.67. The Balaban J connectivity index is 1.56. The van der Waals surface area contributed by atoms with Gasteiger partial charge in [-0.2, -0.15) is 0 Å². The minimum atomic E-state index is -0.356. The first-order valence-corrected chi connectivity index (χ1v) is 11.1. The number of piperidine rings is 1. The van der Waals surface area contributed by atoms with Crippen molar-refractivity contribution < 1.29 is 9.53 Å². The normalized spacial score (nSPS) is 24.1. The van der Waals surface area contributed by atoms with Crippen LogP contribution in [0.3, 0.4) is 0 Å². The van der Waals surface area contributed by atoms with E-state index in [1.165, 1.54) is 31.7 Å². The van der Waals surface area contributed by atoms with Gasteiger partial charge in [0.05, 0.1) is 11.1 Å². The molecule has 29 heavy (non-hydrogen) atoms. The van der Waals surface area contributed by atoms with Crippen LogP contribution in [-0.2, 0) is 11.3 Å². The topological polar surface area (TPSA) is 51.5 Å². The molecule has 156 valence electrons. The number of benzene rings is 1. The number of ether oxygens (including phenoxy) is 1. The second-order valence-corrected chi connectivity index (χ2v) is 8.67. The van der Waals surface area contributed by atoms with Crippen LogP contribution in [0.25, 0.3) is 10.9 Å². The SMILES string of the molecule is CCCCCCn1c(=O)cc(C(=O)OC2C[C@H]3CC[C@@H](C2)N3C)c2ccccc21. The lowest BCUT2D eigenvalue weighted by Crippen LogP contribution is -2.43. The van der Waals surface area contributed by atoms with Gasteiger partial charge in [0.2, 0.25) is 0 Å². The molecule has 2 aliphatic rings. The summed E-state index contributed by atoms with van der Waals surface area (Å²) in [7, 11) is 2.17. The van der Waals surface area contributed by atoms with Crippen LogP contribution in [0.5, 0.6) is 0 Å². The third-order valence-electron chi connectivity index (χ3n) is 6.80. The summed E-state index contributed by atoms with van der Waals surface area (Å²) in [5, 5.41) is 0.809. The fourth-order valence-corrected chi connectivity index (χ4v) is 5.10. The number of carbonyl (C=O) groups is 1. The Morgan fingerprint density at radius 3 is 2.55 bits per heavy atom. The first-order chi connectivity index (χ1) is 14.1. The first kappa shape index (κ1) is 20.1. The summed E-state index contributed by atoms with van der Waals surface area (Å²) >= 11 is 0. The summed E-state index contributed by atoms with van der Waals surface area (Å²) < 4.78 is 7.71. The molecule has 1 unspecified atom stereocenters. The number of para-hydroxylation sites is 1. The maximum Gasteiger partial charge on any atom is 0.339 e. The molecule has 2 aliphatic heterocycles. The highest BCUT2D eigenvalue weighted by atomic mass is 16.5. The molecule has 5 nitrogen and oxygen atoms in total. The van der Waals surface area contributed by atoms with Gasteiger partial charge in [0, 0.05) is 42.9 Å². The number of pyridine rings is 1. The van der Waals surface area contributed by atoms with Crippen LogP contribution >= 0.6 is 0 Å². The number of hydrogen-bond donors (Lipinski definition) is 0.